The summed E-state index contributed by atoms with van der Waals surface area (Å²) in [6.07, 6.45) is -0.529. The molecule has 1 aromatic heterocycles. The lowest BCUT2D eigenvalue weighted by molar-refractivity contribution is -0.236. The molecule has 0 saturated carbocycles. The monoisotopic (exact) mass is 587 g/mol. The second-order valence-corrected chi connectivity index (χ2v) is 9.45. The molecule has 2 N–H and O–H groups in total. The maximum Gasteiger partial charge on any atom is 0.305 e. The van der Waals surface area contributed by atoms with Gasteiger partial charge in [0.25, 0.3) is 5.91 Å². The fraction of sp³-hybridized carbons (Fsp3) is 0.478. The lowest BCUT2D eigenvalue weighted by Crippen LogP contribution is -2.62. The van der Waals surface area contributed by atoms with Crippen LogP contribution in [0.2, 0.25) is 0 Å². The van der Waals surface area contributed by atoms with Crippen LogP contribution in [0.5, 0.6) is 0 Å². The summed E-state index contributed by atoms with van der Waals surface area (Å²) in [5.41, 5.74) is -0.366. The number of pyridine rings is 1. The van der Waals surface area contributed by atoms with Crippen LogP contribution in [0.3, 0.4) is 0 Å². The number of carbonyl (C=O) groups is 2. The molecular weight excluding hydrogens is 560 g/mol. The summed E-state index contributed by atoms with van der Waals surface area (Å²) in [6.45, 7) is 2.41. The van der Waals surface area contributed by atoms with Gasteiger partial charge in [-0.1, -0.05) is 43.3 Å². The average Bonchev–Trinajstić information content (AvgIpc) is 3.26. The van der Waals surface area contributed by atoms with Crippen LogP contribution in [-0.2, 0) is 23.9 Å². The highest BCUT2D eigenvalue weighted by Gasteiger charge is 2.52. The van der Waals surface area contributed by atoms with E-state index >= 15 is 0 Å². The molecule has 1 aliphatic rings. The van der Waals surface area contributed by atoms with Gasteiger partial charge in [0.05, 0.1) is 18.2 Å². The highest BCUT2D eigenvalue weighted by molar-refractivity contribution is 14.1. The van der Waals surface area contributed by atoms with E-state index in [9.17, 15) is 19.1 Å². The number of hydrogen-bond donors (Lipinski definition) is 2. The number of carboxylic acid groups (broad SMARTS) is 1. The number of oxime groups is 1. The largest absolute Gasteiger partial charge is 0.481 e. The van der Waals surface area contributed by atoms with E-state index in [2.05, 4.69) is 38.0 Å². The Labute approximate surface area is 210 Å². The number of nitrogens with one attached hydrogen (secondary N) is 1. The minimum absolute atomic E-state index is 0.0932. The first-order valence-corrected chi connectivity index (χ1v) is 11.7. The summed E-state index contributed by atoms with van der Waals surface area (Å²) in [6, 6.07) is 8.32. The van der Waals surface area contributed by atoms with Gasteiger partial charge in [-0.05, 0) is 34.0 Å². The molecule has 1 amide bonds. The number of halogens is 2. The number of rotatable bonds is 10. The molecule has 0 fully saturated rings. The topological polar surface area (TPSA) is 119 Å². The quantitative estimate of drug-likeness (QED) is 0.249. The molecule has 1 aliphatic heterocycles. The van der Waals surface area contributed by atoms with E-state index in [0.29, 0.717) is 11.4 Å². The molecule has 34 heavy (non-hydrogen) atoms. The Balaban J connectivity index is 1.95. The number of carboxylic acids is 1. The zero-order chi connectivity index (χ0) is 25.1. The maximum atomic E-state index is 13.9. The number of methoxy groups -OCH3 is 2. The van der Waals surface area contributed by atoms with E-state index in [0.717, 1.165) is 14.5 Å². The molecule has 3 rings (SSSR count). The SMILES string of the molecule is COC(CF)(OC)C(CC(=O)O)NC(=O)C1(C(C)C)CC(c2nc(I)cc3ccccc23)=NO1. The number of fused-ring (bicyclic) bond motifs is 1. The minimum Gasteiger partial charge on any atom is -0.481 e. The first-order chi connectivity index (χ1) is 16.1. The van der Waals surface area contributed by atoms with Gasteiger partial charge in [0.1, 0.15) is 16.1 Å². The maximum absolute atomic E-state index is 13.9. The third-order valence-corrected chi connectivity index (χ3v) is 6.69. The molecule has 0 spiro atoms. The second kappa shape index (κ2) is 10.5. The van der Waals surface area contributed by atoms with Gasteiger partial charge < -0.3 is 24.7 Å². The van der Waals surface area contributed by atoms with Crippen LogP contribution in [0.25, 0.3) is 10.8 Å². The van der Waals surface area contributed by atoms with Crippen molar-refractivity contribution in [2.24, 2.45) is 11.1 Å². The van der Waals surface area contributed by atoms with Gasteiger partial charge in [0.15, 0.2) is 0 Å². The van der Waals surface area contributed by atoms with Crippen molar-refractivity contribution < 1.29 is 33.4 Å². The van der Waals surface area contributed by atoms with Crippen molar-refractivity contribution in [2.45, 2.75) is 44.1 Å². The smallest absolute Gasteiger partial charge is 0.305 e. The van der Waals surface area contributed by atoms with Crippen LogP contribution in [0.4, 0.5) is 4.39 Å². The summed E-state index contributed by atoms with van der Waals surface area (Å²) >= 11 is 2.12. The number of aromatic nitrogens is 1. The molecule has 1 aromatic carbocycles. The molecular formula is C23H27FIN3O6. The van der Waals surface area contributed by atoms with Crippen LogP contribution in [0, 0.1) is 9.62 Å². The molecule has 11 heteroatoms. The number of amides is 1. The zero-order valence-corrected chi connectivity index (χ0v) is 21.5. The van der Waals surface area contributed by atoms with Crippen molar-refractivity contribution in [2.75, 3.05) is 20.9 Å². The van der Waals surface area contributed by atoms with Gasteiger partial charge in [-0.2, -0.15) is 0 Å². The van der Waals surface area contributed by atoms with Crippen molar-refractivity contribution in [3.63, 3.8) is 0 Å². The molecule has 184 valence electrons. The first-order valence-electron chi connectivity index (χ1n) is 10.6. The van der Waals surface area contributed by atoms with E-state index in [-0.39, 0.29) is 12.3 Å². The molecule has 0 radical (unpaired) electrons. The number of benzene rings is 1. The van der Waals surface area contributed by atoms with Gasteiger partial charge in [-0.3, -0.25) is 9.59 Å². The fourth-order valence-corrected chi connectivity index (χ4v) is 4.57. The van der Waals surface area contributed by atoms with Crippen LogP contribution in [-0.4, -0.2) is 66.0 Å². The summed E-state index contributed by atoms with van der Waals surface area (Å²) < 4.78 is 25.0. The molecule has 2 atom stereocenters. The van der Waals surface area contributed by atoms with Gasteiger partial charge >= 0.3 is 5.97 Å². The molecule has 2 unspecified atom stereocenters. The number of hydrogen-bond acceptors (Lipinski definition) is 7. The van der Waals surface area contributed by atoms with Crippen molar-refractivity contribution in [3.05, 3.63) is 39.7 Å². The van der Waals surface area contributed by atoms with Gasteiger partial charge in [-0.15, -0.1) is 0 Å². The van der Waals surface area contributed by atoms with E-state index < -0.39 is 42.4 Å². The van der Waals surface area contributed by atoms with E-state index in [1.54, 1.807) is 13.8 Å². The summed E-state index contributed by atoms with van der Waals surface area (Å²) in [5, 5.41) is 18.0. The Kier molecular flexibility index (Phi) is 8.09. The Morgan fingerprint density at radius 3 is 2.59 bits per heavy atom. The third kappa shape index (κ3) is 4.86. The normalized spacial score (nSPS) is 19.1. The molecule has 0 bridgehead atoms. The summed E-state index contributed by atoms with van der Waals surface area (Å²) in [5.74, 6) is -4.23. The Bertz CT molecular complexity index is 1100. The molecule has 9 nitrogen and oxygen atoms in total. The number of aliphatic carboxylic acids is 1. The lowest BCUT2D eigenvalue weighted by atomic mass is 9.83. The Morgan fingerprint density at radius 1 is 1.32 bits per heavy atom. The standard InChI is InChI=1S/C23H27FIN3O6/c1-13(2)22(21(31)26-17(10-19(29)30)23(12-24,32-3)33-4)11-16(28-34-22)20-15-8-6-5-7-14(15)9-18(25)27-20/h5-9,13,17H,10-12H2,1-4H3,(H,26,31)(H,29,30). The van der Waals surface area contributed by atoms with Crippen molar-refractivity contribution in [1.29, 1.82) is 0 Å². The predicted molar refractivity (Wildman–Crippen MR) is 131 cm³/mol. The van der Waals surface area contributed by atoms with Crippen LogP contribution < -0.4 is 5.32 Å². The van der Waals surface area contributed by atoms with Gasteiger partial charge in [0, 0.05) is 31.9 Å². The van der Waals surface area contributed by atoms with Crippen LogP contribution in [0.1, 0.15) is 32.4 Å². The van der Waals surface area contributed by atoms with E-state index in [1.165, 1.54) is 14.2 Å². The number of ether oxygens (including phenoxy) is 2. The van der Waals surface area contributed by atoms with E-state index in [4.69, 9.17) is 14.3 Å². The van der Waals surface area contributed by atoms with Gasteiger partial charge in [0.2, 0.25) is 11.4 Å². The summed E-state index contributed by atoms with van der Waals surface area (Å²) in [7, 11) is 2.37. The molecule has 0 aliphatic carbocycles. The van der Waals surface area contributed by atoms with Gasteiger partial charge in [-0.25, -0.2) is 9.37 Å². The molecule has 0 saturated heterocycles. The fourth-order valence-electron chi connectivity index (χ4n) is 4.00. The molecule has 2 aromatic rings. The lowest BCUT2D eigenvalue weighted by Gasteiger charge is -2.38. The second-order valence-electron chi connectivity index (χ2n) is 8.34. The minimum atomic E-state index is -1.97. The van der Waals surface area contributed by atoms with Crippen molar-refractivity contribution in [1.82, 2.24) is 10.3 Å². The Morgan fingerprint density at radius 2 is 2.00 bits per heavy atom. The number of carbonyl (C=O) groups excluding carboxylic acids is 1. The first kappa shape index (κ1) is 26.2. The highest BCUT2D eigenvalue weighted by Crippen LogP contribution is 2.36. The zero-order valence-electron chi connectivity index (χ0n) is 19.3. The number of alkyl halides is 1. The predicted octanol–water partition coefficient (Wildman–Crippen LogP) is 3.28. The Hall–Kier alpha value is -2.38. The van der Waals surface area contributed by atoms with Crippen molar-refractivity contribution >= 4 is 51.0 Å². The summed E-state index contributed by atoms with van der Waals surface area (Å²) in [4.78, 5) is 35.4. The van der Waals surface area contributed by atoms with E-state index in [1.807, 2.05) is 30.3 Å². The average molecular weight is 587 g/mol. The number of nitrogens with zero attached hydrogens (tertiary/aromatic N) is 2. The molecule has 2 heterocycles. The van der Waals surface area contributed by atoms with Crippen LogP contribution >= 0.6 is 22.6 Å². The van der Waals surface area contributed by atoms with Crippen molar-refractivity contribution in [3.8, 4) is 0 Å². The van der Waals surface area contributed by atoms with Crippen LogP contribution in [0.15, 0.2) is 35.5 Å². The highest BCUT2D eigenvalue weighted by atomic mass is 127. The third-order valence-electron chi connectivity index (χ3n) is 6.14.